The van der Waals surface area contributed by atoms with E-state index in [4.69, 9.17) is 4.74 Å². The highest BCUT2D eigenvalue weighted by molar-refractivity contribution is 6.05. The van der Waals surface area contributed by atoms with Crippen molar-refractivity contribution in [2.45, 2.75) is 46.3 Å². The quantitative estimate of drug-likeness (QED) is 0.802. The van der Waals surface area contributed by atoms with Crippen LogP contribution in [0.25, 0.3) is 0 Å². The Hall–Kier alpha value is -3.16. The number of ether oxygens (including phenoxy) is 1. The lowest BCUT2D eigenvalue weighted by atomic mass is 10.0. The van der Waals surface area contributed by atoms with Crippen molar-refractivity contribution in [1.29, 1.82) is 0 Å². The van der Waals surface area contributed by atoms with Gasteiger partial charge >= 0.3 is 6.09 Å². The molecule has 0 saturated carbocycles. The van der Waals surface area contributed by atoms with Gasteiger partial charge in [-0.1, -0.05) is 12.1 Å². The first-order valence-electron chi connectivity index (χ1n) is 9.50. The maximum Gasteiger partial charge on any atom is 0.410 e. The van der Waals surface area contributed by atoms with Gasteiger partial charge in [-0.2, -0.15) is 5.10 Å². The van der Waals surface area contributed by atoms with Crippen LogP contribution in [-0.4, -0.2) is 44.6 Å². The predicted molar refractivity (Wildman–Crippen MR) is 108 cm³/mol. The number of carbonyl (C=O) groups excluding carboxylic acids is 3. The number of nitrogens with zero attached hydrogens (tertiary/aromatic N) is 3. The zero-order valence-electron chi connectivity index (χ0n) is 17.4. The van der Waals surface area contributed by atoms with E-state index in [1.165, 1.54) is 11.6 Å². The summed E-state index contributed by atoms with van der Waals surface area (Å²) in [6.07, 6.45) is 0.141. The summed E-state index contributed by atoms with van der Waals surface area (Å²) < 4.78 is 6.99. The zero-order chi connectivity index (χ0) is 21.3. The predicted octanol–water partition coefficient (Wildman–Crippen LogP) is 3.17. The Kier molecular flexibility index (Phi) is 5.46. The average molecular weight is 398 g/mol. The number of nitrogens with one attached hydrogen (secondary N) is 1. The normalized spacial score (nSPS) is 13.6. The van der Waals surface area contributed by atoms with Gasteiger partial charge in [-0.25, -0.2) is 4.79 Å². The third-order valence-electron chi connectivity index (χ3n) is 4.59. The van der Waals surface area contributed by atoms with Crippen molar-refractivity contribution in [3.63, 3.8) is 0 Å². The minimum absolute atomic E-state index is 0.0768. The Morgan fingerprint density at radius 2 is 1.93 bits per heavy atom. The number of aryl methyl sites for hydroxylation is 1. The number of benzene rings is 1. The van der Waals surface area contributed by atoms with Gasteiger partial charge in [0, 0.05) is 36.8 Å². The maximum absolute atomic E-state index is 13.0. The minimum atomic E-state index is -0.589. The summed E-state index contributed by atoms with van der Waals surface area (Å²) in [4.78, 5) is 38.6. The molecule has 154 valence electrons. The Morgan fingerprint density at radius 1 is 1.21 bits per heavy atom. The Labute approximate surface area is 169 Å². The van der Waals surface area contributed by atoms with Crippen LogP contribution in [0.3, 0.4) is 0 Å². The molecule has 0 unspecified atom stereocenters. The molecule has 0 spiro atoms. The zero-order valence-corrected chi connectivity index (χ0v) is 17.4. The number of amides is 2. The molecule has 1 N–H and O–H groups in total. The highest BCUT2D eigenvalue weighted by Crippen LogP contribution is 2.24. The molecule has 1 aromatic carbocycles. The van der Waals surface area contributed by atoms with Crippen LogP contribution in [0.4, 0.5) is 10.5 Å². The van der Waals surface area contributed by atoms with Gasteiger partial charge in [0.2, 0.25) is 0 Å². The summed E-state index contributed by atoms with van der Waals surface area (Å²) >= 11 is 0. The van der Waals surface area contributed by atoms with Crippen LogP contribution in [0, 0.1) is 0 Å². The molecule has 1 aliphatic heterocycles. The number of fused-ring (bicyclic) bond motifs is 1. The van der Waals surface area contributed by atoms with Gasteiger partial charge in [0.15, 0.2) is 5.78 Å². The summed E-state index contributed by atoms with van der Waals surface area (Å²) in [5.74, 6) is -0.417. The Balaban J connectivity index is 1.82. The first-order chi connectivity index (χ1) is 13.5. The molecule has 8 heteroatoms. The summed E-state index contributed by atoms with van der Waals surface area (Å²) in [6.45, 7) is 7.67. The standard InChI is InChI=1S/C21H26N4O4/c1-13(26)14-7-6-8-15(11-14)22-19(27)18-16-12-25(20(28)29-21(2,3)4)10-9-17(16)23-24(18)5/h6-8,11H,9-10,12H2,1-5H3,(H,22,27). The van der Waals surface area contributed by atoms with Crippen LogP contribution in [0.1, 0.15) is 59.8 Å². The molecule has 8 nitrogen and oxygen atoms in total. The van der Waals surface area contributed by atoms with Crippen LogP contribution < -0.4 is 5.32 Å². The average Bonchev–Trinajstić information content (AvgIpc) is 2.95. The maximum atomic E-state index is 13.0. The van der Waals surface area contributed by atoms with Gasteiger partial charge in [0.25, 0.3) is 5.91 Å². The molecule has 0 radical (unpaired) electrons. The molecular weight excluding hydrogens is 372 g/mol. The van der Waals surface area contributed by atoms with E-state index in [1.54, 1.807) is 36.2 Å². The van der Waals surface area contributed by atoms with Crippen molar-refractivity contribution >= 4 is 23.5 Å². The van der Waals surface area contributed by atoms with E-state index in [9.17, 15) is 14.4 Å². The lowest BCUT2D eigenvalue weighted by Crippen LogP contribution is -2.40. The molecule has 2 amide bonds. The smallest absolute Gasteiger partial charge is 0.410 e. The number of Topliss-reactive ketones (excluding diaryl/α,β-unsaturated/α-hetero) is 1. The third kappa shape index (κ3) is 4.64. The number of rotatable bonds is 3. The molecule has 0 fully saturated rings. The van der Waals surface area contributed by atoms with Crippen LogP contribution in [-0.2, 0) is 24.8 Å². The van der Waals surface area contributed by atoms with Crippen molar-refractivity contribution in [1.82, 2.24) is 14.7 Å². The van der Waals surface area contributed by atoms with E-state index in [-0.39, 0.29) is 18.2 Å². The molecule has 1 aliphatic rings. The van der Waals surface area contributed by atoms with Gasteiger partial charge in [0.05, 0.1) is 12.2 Å². The molecule has 2 aromatic rings. The Bertz CT molecular complexity index is 972. The van der Waals surface area contributed by atoms with Crippen molar-refractivity contribution in [2.75, 3.05) is 11.9 Å². The van der Waals surface area contributed by atoms with Gasteiger partial charge in [0.1, 0.15) is 11.3 Å². The molecule has 2 heterocycles. The lowest BCUT2D eigenvalue weighted by Gasteiger charge is -2.29. The summed E-state index contributed by atoms with van der Waals surface area (Å²) in [5, 5.41) is 7.28. The Morgan fingerprint density at radius 3 is 2.59 bits per heavy atom. The molecular formula is C21H26N4O4. The van der Waals surface area contributed by atoms with Gasteiger partial charge in [-0.05, 0) is 39.8 Å². The van der Waals surface area contributed by atoms with Crippen molar-refractivity contribution < 1.29 is 19.1 Å². The summed E-state index contributed by atoms with van der Waals surface area (Å²) in [7, 11) is 1.71. The van der Waals surface area contributed by atoms with E-state index in [0.717, 1.165) is 5.69 Å². The van der Waals surface area contributed by atoms with Crippen molar-refractivity contribution in [3.8, 4) is 0 Å². The second kappa shape index (κ2) is 7.69. The summed E-state index contributed by atoms with van der Waals surface area (Å²) in [5.41, 5.74) is 2.36. The topological polar surface area (TPSA) is 93.5 Å². The van der Waals surface area contributed by atoms with Crippen LogP contribution in [0.2, 0.25) is 0 Å². The van der Waals surface area contributed by atoms with Crippen LogP contribution in [0.5, 0.6) is 0 Å². The van der Waals surface area contributed by atoms with Gasteiger partial charge in [-0.3, -0.25) is 14.3 Å². The highest BCUT2D eigenvalue weighted by Gasteiger charge is 2.31. The monoisotopic (exact) mass is 398 g/mol. The molecule has 3 rings (SSSR count). The molecule has 0 aliphatic carbocycles. The number of anilines is 1. The van der Waals surface area contributed by atoms with Gasteiger partial charge < -0.3 is 15.0 Å². The molecule has 0 bridgehead atoms. The number of aromatic nitrogens is 2. The SMILES string of the molecule is CC(=O)c1cccc(NC(=O)c2c3c(nn2C)CCN(C(=O)OC(C)(C)C)C3)c1. The lowest BCUT2D eigenvalue weighted by molar-refractivity contribution is 0.0222. The fourth-order valence-corrected chi connectivity index (χ4v) is 3.27. The number of carbonyl (C=O) groups is 3. The highest BCUT2D eigenvalue weighted by atomic mass is 16.6. The fourth-order valence-electron chi connectivity index (χ4n) is 3.27. The van der Waals surface area contributed by atoms with E-state index in [0.29, 0.717) is 35.5 Å². The largest absolute Gasteiger partial charge is 0.444 e. The van der Waals surface area contributed by atoms with Crippen LogP contribution in [0.15, 0.2) is 24.3 Å². The second-order valence-corrected chi connectivity index (χ2v) is 8.14. The van der Waals surface area contributed by atoms with Gasteiger partial charge in [-0.15, -0.1) is 0 Å². The van der Waals surface area contributed by atoms with Crippen LogP contribution >= 0.6 is 0 Å². The number of hydrogen-bond donors (Lipinski definition) is 1. The molecule has 29 heavy (non-hydrogen) atoms. The molecule has 0 saturated heterocycles. The number of hydrogen-bond acceptors (Lipinski definition) is 5. The van der Waals surface area contributed by atoms with E-state index in [1.807, 2.05) is 20.8 Å². The van der Waals surface area contributed by atoms with E-state index >= 15 is 0 Å². The third-order valence-corrected chi connectivity index (χ3v) is 4.59. The first kappa shape index (κ1) is 20.6. The van der Waals surface area contributed by atoms with Crippen molar-refractivity contribution in [2.24, 2.45) is 7.05 Å². The van der Waals surface area contributed by atoms with E-state index < -0.39 is 11.7 Å². The number of ketones is 1. The minimum Gasteiger partial charge on any atom is -0.444 e. The summed E-state index contributed by atoms with van der Waals surface area (Å²) in [6, 6.07) is 6.77. The molecule has 0 atom stereocenters. The fraction of sp³-hybridized carbons (Fsp3) is 0.429. The van der Waals surface area contributed by atoms with E-state index in [2.05, 4.69) is 10.4 Å². The molecule has 1 aromatic heterocycles. The van der Waals surface area contributed by atoms with Crippen molar-refractivity contribution in [3.05, 3.63) is 46.8 Å². The first-order valence-corrected chi connectivity index (χ1v) is 9.50. The second-order valence-electron chi connectivity index (χ2n) is 8.14.